The van der Waals surface area contributed by atoms with Crippen LogP contribution in [0.3, 0.4) is 0 Å². The fourth-order valence-electron chi connectivity index (χ4n) is 1.03. The molecule has 0 atom stereocenters. The Morgan fingerprint density at radius 3 is 2.21 bits per heavy atom. The minimum absolute atomic E-state index is 0.0606. The van der Waals surface area contributed by atoms with Crippen molar-refractivity contribution in [2.45, 2.75) is 25.7 Å². The van der Waals surface area contributed by atoms with Crippen LogP contribution >= 0.6 is 0 Å². The SMILES string of the molecule is NCCCCC/C(=C\C(=O)O)C(=O)O. The van der Waals surface area contributed by atoms with Crippen molar-refractivity contribution in [3.63, 3.8) is 0 Å². The highest BCUT2D eigenvalue weighted by atomic mass is 16.4. The Balaban J connectivity index is 3.99. The van der Waals surface area contributed by atoms with E-state index in [4.69, 9.17) is 15.9 Å². The lowest BCUT2D eigenvalue weighted by Gasteiger charge is -2.00. The quantitative estimate of drug-likeness (QED) is 0.413. The molecule has 0 aliphatic heterocycles. The number of aliphatic carboxylic acids is 2. The third kappa shape index (κ3) is 6.19. The van der Waals surface area contributed by atoms with E-state index < -0.39 is 11.9 Å². The summed E-state index contributed by atoms with van der Waals surface area (Å²) in [5.74, 6) is -2.39. The number of carboxylic acids is 2. The van der Waals surface area contributed by atoms with Crippen molar-refractivity contribution < 1.29 is 19.8 Å². The van der Waals surface area contributed by atoms with E-state index in [1.54, 1.807) is 0 Å². The van der Waals surface area contributed by atoms with Gasteiger partial charge in [0.1, 0.15) is 0 Å². The summed E-state index contributed by atoms with van der Waals surface area (Å²) in [6.45, 7) is 0.574. The summed E-state index contributed by atoms with van der Waals surface area (Å²) in [4.78, 5) is 20.8. The molecule has 0 heterocycles. The molecule has 0 saturated heterocycles. The largest absolute Gasteiger partial charge is 0.478 e. The monoisotopic (exact) mass is 201 g/mol. The van der Waals surface area contributed by atoms with Gasteiger partial charge in [-0.05, 0) is 25.8 Å². The van der Waals surface area contributed by atoms with Crippen LogP contribution < -0.4 is 5.73 Å². The number of carbonyl (C=O) groups is 2. The molecule has 0 aromatic rings. The summed E-state index contributed by atoms with van der Waals surface area (Å²) in [5.41, 5.74) is 5.20. The second-order valence-electron chi connectivity index (χ2n) is 2.91. The highest BCUT2D eigenvalue weighted by Gasteiger charge is 2.08. The molecule has 0 amide bonds. The Morgan fingerprint density at radius 2 is 1.79 bits per heavy atom. The maximum atomic E-state index is 10.5. The van der Waals surface area contributed by atoms with E-state index in [9.17, 15) is 9.59 Å². The lowest BCUT2D eigenvalue weighted by atomic mass is 10.1. The van der Waals surface area contributed by atoms with Crippen molar-refractivity contribution in [2.75, 3.05) is 6.54 Å². The lowest BCUT2D eigenvalue weighted by Crippen LogP contribution is -2.04. The van der Waals surface area contributed by atoms with Gasteiger partial charge in [0.15, 0.2) is 0 Å². The smallest absolute Gasteiger partial charge is 0.331 e. The molecule has 0 aliphatic rings. The van der Waals surface area contributed by atoms with Gasteiger partial charge in [-0.15, -0.1) is 0 Å². The minimum Gasteiger partial charge on any atom is -0.478 e. The van der Waals surface area contributed by atoms with E-state index in [0.29, 0.717) is 13.0 Å². The van der Waals surface area contributed by atoms with Crippen molar-refractivity contribution in [2.24, 2.45) is 5.73 Å². The van der Waals surface area contributed by atoms with Crippen LogP contribution in [-0.4, -0.2) is 28.7 Å². The van der Waals surface area contributed by atoms with Crippen LogP contribution in [0.15, 0.2) is 11.6 Å². The summed E-state index contributed by atoms with van der Waals surface area (Å²) >= 11 is 0. The van der Waals surface area contributed by atoms with E-state index in [1.165, 1.54) is 0 Å². The number of carboxylic acid groups (broad SMARTS) is 2. The van der Waals surface area contributed by atoms with Crippen LogP contribution in [0.4, 0.5) is 0 Å². The first-order valence-corrected chi connectivity index (χ1v) is 4.44. The van der Waals surface area contributed by atoms with Crippen LogP contribution in [0.1, 0.15) is 25.7 Å². The molecule has 5 heteroatoms. The molecule has 0 unspecified atom stereocenters. The zero-order valence-corrected chi connectivity index (χ0v) is 7.90. The fraction of sp³-hybridized carbons (Fsp3) is 0.556. The van der Waals surface area contributed by atoms with E-state index in [0.717, 1.165) is 18.9 Å². The van der Waals surface area contributed by atoms with Gasteiger partial charge >= 0.3 is 11.9 Å². The molecule has 14 heavy (non-hydrogen) atoms. The molecule has 0 saturated carbocycles. The second kappa shape index (κ2) is 7.08. The van der Waals surface area contributed by atoms with Crippen molar-refractivity contribution >= 4 is 11.9 Å². The van der Waals surface area contributed by atoms with Gasteiger partial charge in [0.2, 0.25) is 0 Å². The Labute approximate surface area is 82.2 Å². The first kappa shape index (κ1) is 12.6. The molecular weight excluding hydrogens is 186 g/mol. The van der Waals surface area contributed by atoms with Crippen LogP contribution in [0, 0.1) is 0 Å². The predicted molar refractivity (Wildman–Crippen MR) is 50.9 cm³/mol. The van der Waals surface area contributed by atoms with Crippen LogP contribution in [0.2, 0.25) is 0 Å². The van der Waals surface area contributed by atoms with Crippen LogP contribution in [0.25, 0.3) is 0 Å². The number of hydrogen-bond acceptors (Lipinski definition) is 3. The van der Waals surface area contributed by atoms with E-state index in [-0.39, 0.29) is 12.0 Å². The highest BCUT2D eigenvalue weighted by Crippen LogP contribution is 2.08. The molecule has 0 aliphatic carbocycles. The Morgan fingerprint density at radius 1 is 1.14 bits per heavy atom. The van der Waals surface area contributed by atoms with Gasteiger partial charge in [0.25, 0.3) is 0 Å². The maximum absolute atomic E-state index is 10.5. The average Bonchev–Trinajstić information content (AvgIpc) is 2.09. The van der Waals surface area contributed by atoms with Gasteiger partial charge < -0.3 is 15.9 Å². The van der Waals surface area contributed by atoms with Crippen LogP contribution in [-0.2, 0) is 9.59 Å². The molecule has 80 valence electrons. The number of unbranched alkanes of at least 4 members (excludes halogenated alkanes) is 2. The fourth-order valence-corrected chi connectivity index (χ4v) is 1.03. The third-order valence-electron chi connectivity index (χ3n) is 1.72. The molecule has 0 bridgehead atoms. The average molecular weight is 201 g/mol. The topological polar surface area (TPSA) is 101 Å². The summed E-state index contributed by atoms with van der Waals surface area (Å²) in [6.07, 6.45) is 3.33. The van der Waals surface area contributed by atoms with Crippen molar-refractivity contribution in [1.82, 2.24) is 0 Å². The van der Waals surface area contributed by atoms with E-state index in [2.05, 4.69) is 0 Å². The lowest BCUT2D eigenvalue weighted by molar-refractivity contribution is -0.135. The van der Waals surface area contributed by atoms with Gasteiger partial charge in [0.05, 0.1) is 0 Å². The predicted octanol–water partition coefficient (Wildman–Crippen LogP) is 0.601. The van der Waals surface area contributed by atoms with Crippen molar-refractivity contribution in [3.8, 4) is 0 Å². The molecule has 0 spiro atoms. The standard InChI is InChI=1S/C9H15NO4/c10-5-3-1-2-4-7(9(13)14)6-8(11)12/h6H,1-5,10H2,(H,11,12)(H,13,14)/b7-6+. The Bertz CT molecular complexity index is 235. The molecular formula is C9H15NO4. The normalized spacial score (nSPS) is 11.4. The van der Waals surface area contributed by atoms with E-state index >= 15 is 0 Å². The maximum Gasteiger partial charge on any atom is 0.331 e. The Hall–Kier alpha value is -1.36. The number of hydrogen-bond donors (Lipinski definition) is 3. The summed E-state index contributed by atoms with van der Waals surface area (Å²) in [6, 6.07) is 0. The summed E-state index contributed by atoms with van der Waals surface area (Å²) < 4.78 is 0. The van der Waals surface area contributed by atoms with Crippen molar-refractivity contribution in [3.05, 3.63) is 11.6 Å². The van der Waals surface area contributed by atoms with Gasteiger partial charge in [0, 0.05) is 11.6 Å². The highest BCUT2D eigenvalue weighted by molar-refractivity contribution is 5.94. The van der Waals surface area contributed by atoms with Gasteiger partial charge in [-0.1, -0.05) is 6.42 Å². The number of nitrogens with two attached hydrogens (primary N) is 1. The Kier molecular flexibility index (Phi) is 6.39. The van der Waals surface area contributed by atoms with Gasteiger partial charge in [-0.3, -0.25) is 0 Å². The van der Waals surface area contributed by atoms with Crippen molar-refractivity contribution in [1.29, 1.82) is 0 Å². The summed E-state index contributed by atoms with van der Waals surface area (Å²) in [5, 5.41) is 17.0. The molecule has 0 aromatic carbocycles. The van der Waals surface area contributed by atoms with Gasteiger partial charge in [-0.25, -0.2) is 9.59 Å². The second-order valence-corrected chi connectivity index (χ2v) is 2.91. The molecule has 5 nitrogen and oxygen atoms in total. The third-order valence-corrected chi connectivity index (χ3v) is 1.72. The first-order chi connectivity index (χ1) is 6.57. The number of rotatable bonds is 7. The first-order valence-electron chi connectivity index (χ1n) is 4.44. The molecule has 0 fully saturated rings. The van der Waals surface area contributed by atoms with E-state index in [1.807, 2.05) is 0 Å². The molecule has 0 rings (SSSR count). The molecule has 0 radical (unpaired) electrons. The van der Waals surface area contributed by atoms with Gasteiger partial charge in [-0.2, -0.15) is 0 Å². The summed E-state index contributed by atoms with van der Waals surface area (Å²) in [7, 11) is 0. The zero-order valence-electron chi connectivity index (χ0n) is 7.90. The van der Waals surface area contributed by atoms with Crippen LogP contribution in [0.5, 0.6) is 0 Å². The minimum atomic E-state index is -1.22. The zero-order chi connectivity index (χ0) is 11.0. The molecule has 0 aromatic heterocycles. The molecule has 4 N–H and O–H groups in total.